The van der Waals surface area contributed by atoms with Crippen molar-refractivity contribution in [3.63, 3.8) is 0 Å². The quantitative estimate of drug-likeness (QED) is 0.777. The number of furan rings is 1. The van der Waals surface area contributed by atoms with E-state index in [4.69, 9.17) is 4.42 Å². The van der Waals surface area contributed by atoms with Gasteiger partial charge in [0.2, 0.25) is 0 Å². The van der Waals surface area contributed by atoms with Crippen LogP contribution >= 0.6 is 0 Å². The summed E-state index contributed by atoms with van der Waals surface area (Å²) in [6.07, 6.45) is 3.01. The Morgan fingerprint density at radius 2 is 2.38 bits per heavy atom. The Kier molecular flexibility index (Phi) is 2.70. The van der Waals surface area contributed by atoms with Gasteiger partial charge in [0.1, 0.15) is 0 Å². The fourth-order valence-electron chi connectivity index (χ4n) is 0.786. The SMILES string of the molecule is CC(C)(F)C(=O)NCc1ccoc1. The zero-order valence-electron chi connectivity index (χ0n) is 7.63. The summed E-state index contributed by atoms with van der Waals surface area (Å²) in [7, 11) is 0. The number of rotatable bonds is 3. The third-order valence-electron chi connectivity index (χ3n) is 1.57. The van der Waals surface area contributed by atoms with Gasteiger partial charge >= 0.3 is 0 Å². The minimum absolute atomic E-state index is 0.294. The highest BCUT2D eigenvalue weighted by Crippen LogP contribution is 2.08. The Morgan fingerprint density at radius 1 is 1.69 bits per heavy atom. The van der Waals surface area contributed by atoms with Crippen LogP contribution in [-0.2, 0) is 11.3 Å². The van der Waals surface area contributed by atoms with Gasteiger partial charge in [-0.05, 0) is 19.9 Å². The van der Waals surface area contributed by atoms with Gasteiger partial charge in [-0.25, -0.2) is 4.39 Å². The molecule has 0 bridgehead atoms. The van der Waals surface area contributed by atoms with Crippen molar-refractivity contribution in [2.75, 3.05) is 0 Å². The lowest BCUT2D eigenvalue weighted by Crippen LogP contribution is -2.38. The first-order valence-electron chi connectivity index (χ1n) is 3.98. The molecule has 1 N–H and O–H groups in total. The average Bonchev–Trinajstić information content (AvgIpc) is 2.50. The fraction of sp³-hybridized carbons (Fsp3) is 0.444. The summed E-state index contributed by atoms with van der Waals surface area (Å²) in [6, 6.07) is 1.71. The number of carbonyl (C=O) groups is 1. The van der Waals surface area contributed by atoms with Gasteiger partial charge in [0.05, 0.1) is 12.5 Å². The lowest BCUT2D eigenvalue weighted by molar-refractivity contribution is -0.130. The lowest BCUT2D eigenvalue weighted by atomic mass is 10.1. The second-order valence-electron chi connectivity index (χ2n) is 3.29. The average molecular weight is 185 g/mol. The summed E-state index contributed by atoms with van der Waals surface area (Å²) in [4.78, 5) is 11.0. The molecule has 1 aromatic rings. The van der Waals surface area contributed by atoms with Crippen molar-refractivity contribution in [3.05, 3.63) is 24.2 Å². The number of hydrogen-bond donors (Lipinski definition) is 1. The van der Waals surface area contributed by atoms with Gasteiger partial charge in [-0.15, -0.1) is 0 Å². The summed E-state index contributed by atoms with van der Waals surface area (Å²) in [5.41, 5.74) is -1.01. The molecule has 0 aliphatic heterocycles. The molecule has 1 heterocycles. The standard InChI is InChI=1S/C9H12FNO2/c1-9(2,10)8(12)11-5-7-3-4-13-6-7/h3-4,6H,5H2,1-2H3,(H,11,12). The normalized spacial score (nSPS) is 11.3. The third-order valence-corrected chi connectivity index (χ3v) is 1.57. The number of halogens is 1. The van der Waals surface area contributed by atoms with Crippen LogP contribution in [0.15, 0.2) is 23.0 Å². The molecule has 1 amide bonds. The Labute approximate surface area is 75.9 Å². The van der Waals surface area contributed by atoms with Crippen LogP contribution in [0, 0.1) is 0 Å². The Balaban J connectivity index is 2.40. The van der Waals surface area contributed by atoms with E-state index in [2.05, 4.69) is 5.32 Å². The molecule has 0 aliphatic carbocycles. The zero-order chi connectivity index (χ0) is 9.90. The summed E-state index contributed by atoms with van der Waals surface area (Å²) in [6.45, 7) is 2.73. The summed E-state index contributed by atoms with van der Waals surface area (Å²) in [5, 5.41) is 2.45. The van der Waals surface area contributed by atoms with Gasteiger partial charge in [0.25, 0.3) is 5.91 Å². The third kappa shape index (κ3) is 2.89. The summed E-state index contributed by atoms with van der Waals surface area (Å²) in [5.74, 6) is -0.617. The van der Waals surface area contributed by atoms with Crippen molar-refractivity contribution >= 4 is 5.91 Å². The number of carbonyl (C=O) groups excluding carboxylic acids is 1. The molecule has 72 valence electrons. The van der Waals surface area contributed by atoms with Gasteiger partial charge < -0.3 is 9.73 Å². The summed E-state index contributed by atoms with van der Waals surface area (Å²) < 4.78 is 17.8. The van der Waals surface area contributed by atoms with Crippen molar-refractivity contribution in [1.29, 1.82) is 0 Å². The highest BCUT2D eigenvalue weighted by atomic mass is 19.1. The molecule has 0 aliphatic rings. The molecule has 0 fully saturated rings. The van der Waals surface area contributed by atoms with E-state index in [1.54, 1.807) is 6.07 Å². The van der Waals surface area contributed by atoms with Crippen LogP contribution in [0.25, 0.3) is 0 Å². The van der Waals surface area contributed by atoms with Crippen LogP contribution in [0.5, 0.6) is 0 Å². The second-order valence-corrected chi connectivity index (χ2v) is 3.29. The Bertz CT molecular complexity index is 274. The lowest BCUT2D eigenvalue weighted by Gasteiger charge is -2.12. The van der Waals surface area contributed by atoms with Crippen molar-refractivity contribution in [2.24, 2.45) is 0 Å². The van der Waals surface area contributed by atoms with Gasteiger partial charge in [-0.1, -0.05) is 0 Å². The molecular weight excluding hydrogens is 173 g/mol. The van der Waals surface area contributed by atoms with Crippen molar-refractivity contribution < 1.29 is 13.6 Å². The highest BCUT2D eigenvalue weighted by molar-refractivity contribution is 5.83. The monoisotopic (exact) mass is 185 g/mol. The second kappa shape index (κ2) is 3.60. The van der Waals surface area contributed by atoms with Crippen LogP contribution in [0.2, 0.25) is 0 Å². The van der Waals surface area contributed by atoms with E-state index in [0.29, 0.717) is 6.54 Å². The molecular formula is C9H12FNO2. The molecule has 0 saturated heterocycles. The van der Waals surface area contributed by atoms with Crippen LogP contribution < -0.4 is 5.32 Å². The maximum absolute atomic E-state index is 13.0. The Hall–Kier alpha value is -1.32. The van der Waals surface area contributed by atoms with E-state index in [9.17, 15) is 9.18 Å². The molecule has 0 radical (unpaired) electrons. The molecule has 0 atom stereocenters. The predicted octanol–water partition coefficient (Wildman–Crippen LogP) is 1.64. The van der Waals surface area contributed by atoms with Gasteiger partial charge in [0.15, 0.2) is 5.67 Å². The molecule has 0 saturated carbocycles. The van der Waals surface area contributed by atoms with Crippen LogP contribution in [-0.4, -0.2) is 11.6 Å². The topological polar surface area (TPSA) is 42.2 Å². The fourth-order valence-corrected chi connectivity index (χ4v) is 0.786. The molecule has 0 spiro atoms. The molecule has 1 aromatic heterocycles. The molecule has 1 rings (SSSR count). The van der Waals surface area contributed by atoms with Crippen molar-refractivity contribution in [3.8, 4) is 0 Å². The zero-order valence-corrected chi connectivity index (χ0v) is 7.63. The number of hydrogen-bond acceptors (Lipinski definition) is 2. The van der Waals surface area contributed by atoms with E-state index < -0.39 is 11.6 Å². The van der Waals surface area contributed by atoms with E-state index in [1.165, 1.54) is 26.4 Å². The van der Waals surface area contributed by atoms with Crippen molar-refractivity contribution in [2.45, 2.75) is 26.1 Å². The van der Waals surface area contributed by atoms with Gasteiger partial charge in [0, 0.05) is 12.1 Å². The van der Waals surface area contributed by atoms with Crippen LogP contribution in [0.3, 0.4) is 0 Å². The first kappa shape index (κ1) is 9.77. The van der Waals surface area contributed by atoms with Crippen molar-refractivity contribution in [1.82, 2.24) is 5.32 Å². The van der Waals surface area contributed by atoms with E-state index in [0.717, 1.165) is 5.56 Å². The smallest absolute Gasteiger partial charge is 0.257 e. The largest absolute Gasteiger partial charge is 0.472 e. The predicted molar refractivity (Wildman–Crippen MR) is 45.7 cm³/mol. The molecule has 0 unspecified atom stereocenters. The van der Waals surface area contributed by atoms with Crippen LogP contribution in [0.1, 0.15) is 19.4 Å². The first-order valence-corrected chi connectivity index (χ1v) is 3.98. The maximum Gasteiger partial charge on any atom is 0.257 e. The molecule has 3 nitrogen and oxygen atoms in total. The molecule has 4 heteroatoms. The minimum Gasteiger partial charge on any atom is -0.472 e. The maximum atomic E-state index is 13.0. The molecule has 0 aromatic carbocycles. The van der Waals surface area contributed by atoms with Gasteiger partial charge in [-0.3, -0.25) is 4.79 Å². The van der Waals surface area contributed by atoms with Crippen LogP contribution in [0.4, 0.5) is 4.39 Å². The number of nitrogens with one attached hydrogen (secondary N) is 1. The summed E-state index contributed by atoms with van der Waals surface area (Å²) >= 11 is 0. The Morgan fingerprint density at radius 3 is 2.85 bits per heavy atom. The minimum atomic E-state index is -1.83. The van der Waals surface area contributed by atoms with Gasteiger partial charge in [-0.2, -0.15) is 0 Å². The first-order chi connectivity index (χ1) is 6.00. The number of amides is 1. The van der Waals surface area contributed by atoms with E-state index in [1.807, 2.05) is 0 Å². The molecule has 13 heavy (non-hydrogen) atoms. The van der Waals surface area contributed by atoms with E-state index >= 15 is 0 Å². The van der Waals surface area contributed by atoms with E-state index in [-0.39, 0.29) is 0 Å². The highest BCUT2D eigenvalue weighted by Gasteiger charge is 2.25. The number of alkyl halides is 1.